The summed E-state index contributed by atoms with van der Waals surface area (Å²) in [6, 6.07) is 4.24. The van der Waals surface area contributed by atoms with E-state index < -0.39 is 10.0 Å². The van der Waals surface area contributed by atoms with Crippen molar-refractivity contribution in [3.63, 3.8) is 0 Å². The predicted molar refractivity (Wildman–Crippen MR) is 71.6 cm³/mol. The van der Waals surface area contributed by atoms with Crippen molar-refractivity contribution in [2.75, 3.05) is 19.0 Å². The van der Waals surface area contributed by atoms with Crippen LogP contribution in [0.1, 0.15) is 6.92 Å². The second-order valence-electron chi connectivity index (χ2n) is 3.26. The van der Waals surface area contributed by atoms with Crippen molar-refractivity contribution in [1.29, 1.82) is 0 Å². The molecule has 0 bridgehead atoms. The van der Waals surface area contributed by atoms with Gasteiger partial charge >= 0.3 is 0 Å². The smallest absolute Gasteiger partial charge is 0.207 e. The normalized spacial score (nSPS) is 12.1. The lowest BCUT2D eigenvalue weighted by molar-refractivity contribution is 0.447. The molecule has 0 aliphatic carbocycles. The van der Waals surface area contributed by atoms with Crippen LogP contribution in [0.15, 0.2) is 23.1 Å². The highest BCUT2D eigenvalue weighted by Gasteiger charge is 2.23. The minimum Gasteiger partial charge on any atom is -0.207 e. The fourth-order valence-corrected chi connectivity index (χ4v) is 3.47. The highest BCUT2D eigenvalue weighted by molar-refractivity contribution is 7.89. The molecular formula is C10H12Cl3NO2S. The Bertz CT molecular complexity index is 490. The van der Waals surface area contributed by atoms with Crippen LogP contribution in [0.2, 0.25) is 10.0 Å². The summed E-state index contributed by atoms with van der Waals surface area (Å²) in [4.78, 5) is 0.124. The number of benzene rings is 1. The van der Waals surface area contributed by atoms with Gasteiger partial charge in [0.2, 0.25) is 10.0 Å². The number of sulfonamides is 1. The van der Waals surface area contributed by atoms with Crippen molar-refractivity contribution in [1.82, 2.24) is 4.31 Å². The lowest BCUT2D eigenvalue weighted by Crippen LogP contribution is -2.32. The first-order valence-electron chi connectivity index (χ1n) is 4.94. The van der Waals surface area contributed by atoms with Crippen LogP contribution in [0.4, 0.5) is 0 Å². The molecule has 17 heavy (non-hydrogen) atoms. The van der Waals surface area contributed by atoms with E-state index >= 15 is 0 Å². The molecule has 0 saturated carbocycles. The molecule has 0 aromatic heterocycles. The van der Waals surface area contributed by atoms with E-state index in [1.54, 1.807) is 6.92 Å². The fourth-order valence-electron chi connectivity index (χ4n) is 1.33. The maximum atomic E-state index is 12.2. The molecule has 1 aromatic carbocycles. The van der Waals surface area contributed by atoms with Gasteiger partial charge < -0.3 is 0 Å². The summed E-state index contributed by atoms with van der Waals surface area (Å²) < 4.78 is 25.7. The van der Waals surface area contributed by atoms with Gasteiger partial charge in [-0.3, -0.25) is 0 Å². The van der Waals surface area contributed by atoms with Gasteiger partial charge in [0, 0.05) is 19.0 Å². The van der Waals surface area contributed by atoms with Gasteiger partial charge in [0.1, 0.15) is 0 Å². The Balaban J connectivity index is 3.15. The summed E-state index contributed by atoms with van der Waals surface area (Å²) in [6.07, 6.45) is 0. The quantitative estimate of drug-likeness (QED) is 0.782. The molecule has 0 radical (unpaired) electrons. The molecule has 0 heterocycles. The average Bonchev–Trinajstić information content (AvgIpc) is 2.29. The summed E-state index contributed by atoms with van der Waals surface area (Å²) >= 11 is 17.1. The van der Waals surface area contributed by atoms with Crippen molar-refractivity contribution in [2.45, 2.75) is 11.8 Å². The van der Waals surface area contributed by atoms with Gasteiger partial charge in [0.25, 0.3) is 0 Å². The fraction of sp³-hybridized carbons (Fsp3) is 0.400. The molecule has 3 nitrogen and oxygen atoms in total. The second kappa shape index (κ2) is 6.25. The molecule has 7 heteroatoms. The summed E-state index contributed by atoms with van der Waals surface area (Å²) in [5, 5.41) is 0.542. The standard InChI is InChI=1S/C10H12Cl3NO2S/c1-2-14(6-5-11)17(15,16)8-3-4-9(12)10(13)7-8/h3-4,7H,2,5-6H2,1H3. The van der Waals surface area contributed by atoms with E-state index in [0.29, 0.717) is 11.6 Å². The molecule has 0 unspecified atom stereocenters. The van der Waals surface area contributed by atoms with Crippen LogP contribution in [-0.2, 0) is 10.0 Å². The number of hydrogen-bond acceptors (Lipinski definition) is 2. The predicted octanol–water partition coefficient (Wildman–Crippen LogP) is 3.24. The molecule has 1 rings (SSSR count). The van der Waals surface area contributed by atoms with Gasteiger partial charge in [0.05, 0.1) is 14.9 Å². The first-order valence-corrected chi connectivity index (χ1v) is 7.67. The van der Waals surface area contributed by atoms with Crippen LogP contribution in [0.5, 0.6) is 0 Å². The molecule has 1 aromatic rings. The van der Waals surface area contributed by atoms with Gasteiger partial charge in [-0.15, -0.1) is 11.6 Å². The number of hydrogen-bond donors (Lipinski definition) is 0. The third-order valence-corrected chi connectivity index (χ3v) is 5.09. The second-order valence-corrected chi connectivity index (χ2v) is 6.39. The molecule has 96 valence electrons. The van der Waals surface area contributed by atoms with Crippen molar-refractivity contribution >= 4 is 44.8 Å². The highest BCUT2D eigenvalue weighted by Crippen LogP contribution is 2.26. The maximum absolute atomic E-state index is 12.2. The van der Waals surface area contributed by atoms with Crippen LogP contribution >= 0.6 is 34.8 Å². The Kier molecular flexibility index (Phi) is 5.54. The number of halogens is 3. The lowest BCUT2D eigenvalue weighted by Gasteiger charge is -2.19. The summed E-state index contributed by atoms with van der Waals surface area (Å²) in [6.45, 7) is 2.37. The van der Waals surface area contributed by atoms with Crippen molar-refractivity contribution in [2.24, 2.45) is 0 Å². The Morgan fingerprint density at radius 1 is 1.24 bits per heavy atom. The maximum Gasteiger partial charge on any atom is 0.243 e. The van der Waals surface area contributed by atoms with Gasteiger partial charge in [-0.25, -0.2) is 8.42 Å². The zero-order valence-corrected chi connectivity index (χ0v) is 12.2. The highest BCUT2D eigenvalue weighted by atomic mass is 35.5. The third-order valence-electron chi connectivity index (χ3n) is 2.22. The Morgan fingerprint density at radius 2 is 1.88 bits per heavy atom. The Morgan fingerprint density at radius 3 is 2.35 bits per heavy atom. The SMILES string of the molecule is CCN(CCCl)S(=O)(=O)c1ccc(Cl)c(Cl)c1. The molecule has 0 amide bonds. The largest absolute Gasteiger partial charge is 0.243 e. The third kappa shape index (κ3) is 3.48. The molecular weight excluding hydrogens is 305 g/mol. The van der Waals surface area contributed by atoms with Crippen LogP contribution in [0, 0.1) is 0 Å². The van der Waals surface area contributed by atoms with Crippen LogP contribution in [-0.4, -0.2) is 31.7 Å². The van der Waals surface area contributed by atoms with Crippen molar-refractivity contribution < 1.29 is 8.42 Å². The Labute approximate surface area is 116 Å². The van der Waals surface area contributed by atoms with Crippen LogP contribution in [0.25, 0.3) is 0 Å². The van der Waals surface area contributed by atoms with Crippen molar-refractivity contribution in [3.05, 3.63) is 28.2 Å². The zero-order valence-electron chi connectivity index (χ0n) is 9.16. The zero-order chi connectivity index (χ0) is 13.1. The van der Waals surface area contributed by atoms with Gasteiger partial charge in [0.15, 0.2) is 0 Å². The molecule has 0 N–H and O–H groups in total. The lowest BCUT2D eigenvalue weighted by atomic mass is 10.4. The van der Waals surface area contributed by atoms with E-state index in [0.717, 1.165) is 0 Å². The topological polar surface area (TPSA) is 37.4 Å². The van der Waals surface area contributed by atoms with Gasteiger partial charge in [-0.1, -0.05) is 30.1 Å². The number of nitrogens with zero attached hydrogens (tertiary/aromatic N) is 1. The first-order chi connectivity index (χ1) is 7.93. The summed E-state index contributed by atoms with van der Waals surface area (Å²) in [5.74, 6) is 0.244. The number of rotatable bonds is 5. The average molecular weight is 317 g/mol. The minimum absolute atomic E-state index is 0.124. The van der Waals surface area contributed by atoms with E-state index in [9.17, 15) is 8.42 Å². The van der Waals surface area contributed by atoms with Crippen LogP contribution in [0.3, 0.4) is 0 Å². The monoisotopic (exact) mass is 315 g/mol. The van der Waals surface area contributed by atoms with Gasteiger partial charge in [-0.05, 0) is 18.2 Å². The van der Waals surface area contributed by atoms with Gasteiger partial charge in [-0.2, -0.15) is 4.31 Å². The van der Waals surface area contributed by atoms with E-state index in [1.165, 1.54) is 22.5 Å². The molecule has 0 spiro atoms. The molecule has 0 aliphatic rings. The summed E-state index contributed by atoms with van der Waals surface area (Å²) in [5.41, 5.74) is 0. The van der Waals surface area contributed by atoms with Crippen molar-refractivity contribution in [3.8, 4) is 0 Å². The van der Waals surface area contributed by atoms with E-state index in [4.69, 9.17) is 34.8 Å². The first kappa shape index (κ1) is 15.1. The molecule has 0 saturated heterocycles. The number of alkyl halides is 1. The molecule has 0 atom stereocenters. The van der Waals surface area contributed by atoms with E-state index in [1.807, 2.05) is 0 Å². The molecule has 0 aliphatic heterocycles. The van der Waals surface area contributed by atoms with E-state index in [2.05, 4.69) is 0 Å². The summed E-state index contributed by atoms with van der Waals surface area (Å²) in [7, 11) is -3.55. The molecule has 0 fully saturated rings. The Hall–Kier alpha value is -0.000000000000000111. The minimum atomic E-state index is -3.55. The van der Waals surface area contributed by atoms with E-state index in [-0.39, 0.29) is 22.3 Å². The van der Waals surface area contributed by atoms with Crippen LogP contribution < -0.4 is 0 Å².